The van der Waals surface area contributed by atoms with E-state index < -0.39 is 0 Å². The topological polar surface area (TPSA) is 12.0 Å². The molecule has 1 heterocycles. The molecule has 0 radical (unpaired) electrons. The van der Waals surface area contributed by atoms with Gasteiger partial charge in [0.25, 0.3) is 0 Å². The van der Waals surface area contributed by atoms with Crippen molar-refractivity contribution in [3.63, 3.8) is 0 Å². The molecule has 0 spiro atoms. The minimum atomic E-state index is 0.461. The average Bonchev–Trinajstić information content (AvgIpc) is 2.19. The lowest BCUT2D eigenvalue weighted by atomic mass is 9.92. The van der Waals surface area contributed by atoms with Gasteiger partial charge in [0, 0.05) is 6.04 Å². The van der Waals surface area contributed by atoms with Crippen molar-refractivity contribution in [2.75, 3.05) is 0 Å². The molecular weight excluding hydrogens is 170 g/mol. The molecule has 1 unspecified atom stereocenters. The Kier molecular flexibility index (Phi) is 2.58. The first-order chi connectivity index (χ1) is 6.75. The van der Waals surface area contributed by atoms with Crippen LogP contribution in [-0.2, 0) is 0 Å². The second-order valence-electron chi connectivity index (χ2n) is 4.12. The Bertz CT molecular complexity index is 342. The summed E-state index contributed by atoms with van der Waals surface area (Å²) in [6.07, 6.45) is 13.4. The fraction of sp³-hybridized carbons (Fsp3) is 0.385. The van der Waals surface area contributed by atoms with E-state index in [2.05, 4.69) is 43.5 Å². The predicted octanol–water partition coefficient (Wildman–Crippen LogP) is 3.08. The molecule has 0 bridgehead atoms. The summed E-state index contributed by atoms with van der Waals surface area (Å²) in [4.78, 5) is 0. The molecule has 2 rings (SSSR count). The minimum Gasteiger partial charge on any atom is -0.385 e. The number of hydrogen-bond donors (Lipinski definition) is 1. The smallest absolute Gasteiger partial charge is 0.0419 e. The van der Waals surface area contributed by atoms with E-state index in [1.54, 1.807) is 0 Å². The summed E-state index contributed by atoms with van der Waals surface area (Å²) in [5.41, 5.74) is 4.35. The summed E-state index contributed by atoms with van der Waals surface area (Å²) in [5.74, 6) is 0. The van der Waals surface area contributed by atoms with Crippen molar-refractivity contribution in [1.29, 1.82) is 0 Å². The molecule has 0 saturated heterocycles. The molecule has 1 aliphatic carbocycles. The van der Waals surface area contributed by atoms with Gasteiger partial charge in [0.15, 0.2) is 0 Å². The fourth-order valence-electron chi connectivity index (χ4n) is 1.86. The summed E-state index contributed by atoms with van der Waals surface area (Å²) >= 11 is 0. The van der Waals surface area contributed by atoms with Crippen molar-refractivity contribution in [2.45, 2.75) is 32.7 Å². The third-order valence-corrected chi connectivity index (χ3v) is 2.78. The molecule has 1 aliphatic heterocycles. The van der Waals surface area contributed by atoms with Crippen molar-refractivity contribution in [1.82, 2.24) is 5.32 Å². The molecular formula is C13H17N. The summed E-state index contributed by atoms with van der Waals surface area (Å²) in [5, 5.41) is 3.26. The normalized spacial score (nSPS) is 26.1. The van der Waals surface area contributed by atoms with E-state index in [1.165, 1.54) is 29.6 Å². The van der Waals surface area contributed by atoms with E-state index in [0.717, 1.165) is 0 Å². The lowest BCUT2D eigenvalue weighted by molar-refractivity contribution is 0.751. The highest BCUT2D eigenvalue weighted by Crippen LogP contribution is 2.25. The number of hydrogen-bond acceptors (Lipinski definition) is 1. The van der Waals surface area contributed by atoms with Gasteiger partial charge in [-0.2, -0.15) is 0 Å². The van der Waals surface area contributed by atoms with Crippen molar-refractivity contribution in [2.24, 2.45) is 0 Å². The van der Waals surface area contributed by atoms with Gasteiger partial charge in [0.1, 0.15) is 0 Å². The van der Waals surface area contributed by atoms with Gasteiger partial charge in [-0.15, -0.1) is 0 Å². The van der Waals surface area contributed by atoms with Gasteiger partial charge >= 0.3 is 0 Å². The number of nitrogens with one attached hydrogen (secondary N) is 1. The first-order valence-electron chi connectivity index (χ1n) is 5.27. The third kappa shape index (κ3) is 1.98. The molecule has 0 aromatic carbocycles. The summed E-state index contributed by atoms with van der Waals surface area (Å²) < 4.78 is 0. The maximum atomic E-state index is 3.26. The molecule has 0 amide bonds. The van der Waals surface area contributed by atoms with Crippen molar-refractivity contribution in [3.8, 4) is 0 Å². The first kappa shape index (κ1) is 9.32. The van der Waals surface area contributed by atoms with Gasteiger partial charge < -0.3 is 5.32 Å². The van der Waals surface area contributed by atoms with E-state index in [1.807, 2.05) is 6.20 Å². The van der Waals surface area contributed by atoms with Crippen LogP contribution < -0.4 is 5.32 Å². The number of dihydropyridines is 1. The van der Waals surface area contributed by atoms with Crippen LogP contribution in [0, 0.1) is 0 Å². The second-order valence-corrected chi connectivity index (χ2v) is 4.12. The van der Waals surface area contributed by atoms with E-state index >= 15 is 0 Å². The Hall–Kier alpha value is -1.24. The molecule has 74 valence electrons. The molecule has 1 heteroatoms. The van der Waals surface area contributed by atoms with Gasteiger partial charge in [0.2, 0.25) is 0 Å². The van der Waals surface area contributed by atoms with Gasteiger partial charge in [-0.3, -0.25) is 0 Å². The van der Waals surface area contributed by atoms with Crippen molar-refractivity contribution in [3.05, 3.63) is 47.2 Å². The fourth-order valence-corrected chi connectivity index (χ4v) is 1.86. The van der Waals surface area contributed by atoms with Crippen molar-refractivity contribution >= 4 is 0 Å². The van der Waals surface area contributed by atoms with Crippen LogP contribution in [0.15, 0.2) is 47.2 Å². The van der Waals surface area contributed by atoms with Gasteiger partial charge in [0.05, 0.1) is 0 Å². The van der Waals surface area contributed by atoms with Gasteiger partial charge in [-0.05, 0) is 50.1 Å². The van der Waals surface area contributed by atoms with Crippen LogP contribution in [0.1, 0.15) is 26.7 Å². The van der Waals surface area contributed by atoms with Crippen LogP contribution in [0.3, 0.4) is 0 Å². The van der Waals surface area contributed by atoms with Crippen LogP contribution >= 0.6 is 0 Å². The summed E-state index contributed by atoms with van der Waals surface area (Å²) in [7, 11) is 0. The molecule has 0 aromatic rings. The molecule has 14 heavy (non-hydrogen) atoms. The SMILES string of the molecule is CC1=CC=C(C2=CC(C)NC=C2)CC1. The molecule has 0 aromatic heterocycles. The minimum absolute atomic E-state index is 0.461. The monoisotopic (exact) mass is 187 g/mol. The van der Waals surface area contributed by atoms with Gasteiger partial charge in [-0.1, -0.05) is 23.8 Å². The van der Waals surface area contributed by atoms with Crippen LogP contribution in [0.2, 0.25) is 0 Å². The standard InChI is InChI=1S/C13H17N/c1-10-3-5-12(6-4-10)13-7-8-14-11(2)9-13/h3,5,7-9,11,14H,4,6H2,1-2H3. The Labute approximate surface area is 85.9 Å². The average molecular weight is 187 g/mol. The van der Waals surface area contributed by atoms with Crippen LogP contribution in [0.25, 0.3) is 0 Å². The van der Waals surface area contributed by atoms with E-state index in [-0.39, 0.29) is 0 Å². The molecule has 1 atom stereocenters. The maximum Gasteiger partial charge on any atom is 0.0419 e. The van der Waals surface area contributed by atoms with Crippen LogP contribution in [-0.4, -0.2) is 6.04 Å². The molecule has 0 fully saturated rings. The second kappa shape index (κ2) is 3.87. The lowest BCUT2D eigenvalue weighted by Crippen LogP contribution is -2.21. The molecule has 2 aliphatic rings. The zero-order chi connectivity index (χ0) is 9.97. The van der Waals surface area contributed by atoms with Crippen LogP contribution in [0.4, 0.5) is 0 Å². The maximum absolute atomic E-state index is 3.26. The Morgan fingerprint density at radius 1 is 1.29 bits per heavy atom. The highest BCUT2D eigenvalue weighted by Gasteiger charge is 2.09. The zero-order valence-corrected chi connectivity index (χ0v) is 8.88. The highest BCUT2D eigenvalue weighted by atomic mass is 14.9. The predicted molar refractivity (Wildman–Crippen MR) is 60.9 cm³/mol. The zero-order valence-electron chi connectivity index (χ0n) is 8.88. The lowest BCUT2D eigenvalue weighted by Gasteiger charge is -2.19. The Morgan fingerprint density at radius 2 is 2.14 bits per heavy atom. The van der Waals surface area contributed by atoms with E-state index in [9.17, 15) is 0 Å². The largest absolute Gasteiger partial charge is 0.385 e. The highest BCUT2D eigenvalue weighted by molar-refractivity contribution is 5.45. The third-order valence-electron chi connectivity index (χ3n) is 2.78. The first-order valence-corrected chi connectivity index (χ1v) is 5.27. The number of allylic oxidation sites excluding steroid dienone is 6. The van der Waals surface area contributed by atoms with Crippen molar-refractivity contribution < 1.29 is 0 Å². The molecule has 0 saturated carbocycles. The summed E-state index contributed by atoms with van der Waals surface area (Å²) in [6.45, 7) is 4.37. The molecule has 1 N–H and O–H groups in total. The Morgan fingerprint density at radius 3 is 2.79 bits per heavy atom. The van der Waals surface area contributed by atoms with E-state index in [0.29, 0.717) is 6.04 Å². The van der Waals surface area contributed by atoms with Gasteiger partial charge in [-0.25, -0.2) is 0 Å². The van der Waals surface area contributed by atoms with E-state index in [4.69, 9.17) is 0 Å². The number of rotatable bonds is 1. The Balaban J connectivity index is 2.20. The van der Waals surface area contributed by atoms with Crippen LogP contribution in [0.5, 0.6) is 0 Å². The summed E-state index contributed by atoms with van der Waals surface area (Å²) in [6, 6.07) is 0.461. The molecule has 1 nitrogen and oxygen atoms in total. The quantitative estimate of drug-likeness (QED) is 0.665.